The Balaban J connectivity index is 1.63. The molecule has 0 aliphatic carbocycles. The molecule has 7 heteroatoms. The van der Waals surface area contributed by atoms with Crippen molar-refractivity contribution in [2.24, 2.45) is 0 Å². The van der Waals surface area contributed by atoms with Gasteiger partial charge in [-0.2, -0.15) is 0 Å². The van der Waals surface area contributed by atoms with Gasteiger partial charge >= 0.3 is 0 Å². The third-order valence-corrected chi connectivity index (χ3v) is 4.56. The smallest absolute Gasteiger partial charge is 0.227 e. The number of methoxy groups -OCH3 is 1. The molecule has 2 aromatic carbocycles. The number of hydrogen-bond acceptors (Lipinski definition) is 5. The van der Waals surface area contributed by atoms with Crippen LogP contribution in [-0.4, -0.2) is 26.6 Å². The molecule has 0 bridgehead atoms. The maximum absolute atomic E-state index is 6.28. The lowest BCUT2D eigenvalue weighted by atomic mass is 10.1. The molecule has 0 aliphatic rings. The molecular formula is C21H18ClN5O. The Morgan fingerprint density at radius 2 is 1.93 bits per heavy atom. The summed E-state index contributed by atoms with van der Waals surface area (Å²) >= 11 is 6.28. The number of anilines is 2. The van der Waals surface area contributed by atoms with Crippen molar-refractivity contribution < 1.29 is 4.74 Å². The first-order valence-electron chi connectivity index (χ1n) is 8.68. The van der Waals surface area contributed by atoms with Gasteiger partial charge in [-0.05, 0) is 31.2 Å². The molecule has 140 valence electrons. The monoisotopic (exact) mass is 391 g/mol. The van der Waals surface area contributed by atoms with E-state index in [1.54, 1.807) is 19.6 Å². The zero-order chi connectivity index (χ0) is 19.5. The summed E-state index contributed by atoms with van der Waals surface area (Å²) in [7, 11) is 1.64. The second-order valence-corrected chi connectivity index (χ2v) is 6.59. The van der Waals surface area contributed by atoms with Crippen molar-refractivity contribution in [3.05, 3.63) is 78.0 Å². The van der Waals surface area contributed by atoms with Crippen LogP contribution in [0.4, 0.5) is 11.6 Å². The molecule has 0 atom stereocenters. The molecule has 1 N–H and O–H groups in total. The number of hydrogen-bond donors (Lipinski definition) is 1. The third-order valence-electron chi connectivity index (χ3n) is 4.23. The molecule has 0 saturated carbocycles. The Morgan fingerprint density at radius 1 is 1.07 bits per heavy atom. The molecule has 4 aromatic rings. The maximum atomic E-state index is 6.28. The van der Waals surface area contributed by atoms with Crippen LogP contribution in [0.25, 0.3) is 16.9 Å². The molecule has 0 unspecified atom stereocenters. The first-order valence-corrected chi connectivity index (χ1v) is 9.06. The third kappa shape index (κ3) is 3.68. The van der Waals surface area contributed by atoms with Crippen molar-refractivity contribution >= 4 is 23.2 Å². The van der Waals surface area contributed by atoms with E-state index in [0.717, 1.165) is 28.3 Å². The van der Waals surface area contributed by atoms with Gasteiger partial charge in [-0.1, -0.05) is 29.8 Å². The van der Waals surface area contributed by atoms with Crippen LogP contribution in [0.1, 0.15) is 5.69 Å². The van der Waals surface area contributed by atoms with E-state index in [2.05, 4.69) is 20.3 Å². The quantitative estimate of drug-likeness (QED) is 0.516. The summed E-state index contributed by atoms with van der Waals surface area (Å²) in [6.07, 6.45) is 5.41. The molecule has 0 spiro atoms. The predicted octanol–water partition coefficient (Wildman–Crippen LogP) is 5.04. The van der Waals surface area contributed by atoms with Gasteiger partial charge in [0, 0.05) is 34.7 Å². The predicted molar refractivity (Wildman–Crippen MR) is 111 cm³/mol. The van der Waals surface area contributed by atoms with Crippen LogP contribution in [0.2, 0.25) is 5.02 Å². The van der Waals surface area contributed by atoms with E-state index in [1.165, 1.54) is 0 Å². The number of imidazole rings is 1. The van der Waals surface area contributed by atoms with E-state index < -0.39 is 0 Å². The fourth-order valence-electron chi connectivity index (χ4n) is 2.89. The fraction of sp³-hybridized carbons (Fsp3) is 0.0952. The van der Waals surface area contributed by atoms with E-state index in [-0.39, 0.29) is 0 Å². The molecule has 6 nitrogen and oxygen atoms in total. The minimum Gasteiger partial charge on any atom is -0.494 e. The van der Waals surface area contributed by atoms with Gasteiger partial charge in [0.15, 0.2) is 0 Å². The van der Waals surface area contributed by atoms with Gasteiger partial charge in [0.1, 0.15) is 5.75 Å². The van der Waals surface area contributed by atoms with Gasteiger partial charge in [-0.3, -0.25) is 0 Å². The Bertz CT molecular complexity index is 1130. The highest BCUT2D eigenvalue weighted by Gasteiger charge is 2.10. The first kappa shape index (κ1) is 18.0. The second-order valence-electron chi connectivity index (χ2n) is 6.18. The first-order chi connectivity index (χ1) is 13.6. The maximum Gasteiger partial charge on any atom is 0.227 e. The minimum absolute atomic E-state index is 0.477. The van der Waals surface area contributed by atoms with Crippen LogP contribution in [-0.2, 0) is 0 Å². The minimum atomic E-state index is 0.477. The summed E-state index contributed by atoms with van der Waals surface area (Å²) in [6.45, 7) is 1.95. The SMILES string of the molecule is COc1cc(Nc2nccc(-c3ccccc3Cl)n2)ccc1-n1cnc(C)c1. The van der Waals surface area contributed by atoms with E-state index in [4.69, 9.17) is 16.3 Å². The normalized spacial score (nSPS) is 10.7. The lowest BCUT2D eigenvalue weighted by Crippen LogP contribution is -2.00. The van der Waals surface area contributed by atoms with Crippen molar-refractivity contribution in [2.75, 3.05) is 12.4 Å². The zero-order valence-electron chi connectivity index (χ0n) is 15.4. The van der Waals surface area contributed by atoms with Crippen molar-refractivity contribution in [2.45, 2.75) is 6.92 Å². The highest BCUT2D eigenvalue weighted by molar-refractivity contribution is 6.33. The largest absolute Gasteiger partial charge is 0.494 e. The van der Waals surface area contributed by atoms with Gasteiger partial charge in [0.05, 0.1) is 30.5 Å². The average Bonchev–Trinajstić information content (AvgIpc) is 3.14. The van der Waals surface area contributed by atoms with Crippen LogP contribution in [0.3, 0.4) is 0 Å². The van der Waals surface area contributed by atoms with Crippen molar-refractivity contribution in [1.29, 1.82) is 0 Å². The van der Waals surface area contributed by atoms with Crippen LogP contribution >= 0.6 is 11.6 Å². The van der Waals surface area contributed by atoms with Gasteiger partial charge in [-0.15, -0.1) is 0 Å². The summed E-state index contributed by atoms with van der Waals surface area (Å²) in [5, 5.41) is 3.87. The lowest BCUT2D eigenvalue weighted by Gasteiger charge is -2.12. The molecular weight excluding hydrogens is 374 g/mol. The molecule has 28 heavy (non-hydrogen) atoms. The molecule has 0 saturated heterocycles. The summed E-state index contributed by atoms with van der Waals surface area (Å²) < 4.78 is 7.47. The molecule has 0 aliphatic heterocycles. The summed E-state index contributed by atoms with van der Waals surface area (Å²) in [5.41, 5.74) is 4.26. The van der Waals surface area contributed by atoms with E-state index in [1.807, 2.05) is 66.2 Å². The summed E-state index contributed by atoms with van der Waals surface area (Å²) in [6, 6.07) is 15.2. The van der Waals surface area contributed by atoms with Crippen molar-refractivity contribution in [1.82, 2.24) is 19.5 Å². The number of nitrogens with one attached hydrogen (secondary N) is 1. The highest BCUT2D eigenvalue weighted by atomic mass is 35.5. The number of ether oxygens (including phenoxy) is 1. The molecule has 2 heterocycles. The Labute approximate surface area is 167 Å². The van der Waals surface area contributed by atoms with Gasteiger partial charge in [0.2, 0.25) is 5.95 Å². The molecule has 0 radical (unpaired) electrons. The summed E-state index contributed by atoms with van der Waals surface area (Å²) in [5.74, 6) is 1.19. The summed E-state index contributed by atoms with van der Waals surface area (Å²) in [4.78, 5) is 13.1. The average molecular weight is 392 g/mol. The zero-order valence-corrected chi connectivity index (χ0v) is 16.2. The van der Waals surface area contributed by atoms with Crippen molar-refractivity contribution in [3.63, 3.8) is 0 Å². The molecule has 4 rings (SSSR count). The number of aryl methyl sites for hydroxylation is 1. The van der Waals surface area contributed by atoms with E-state index >= 15 is 0 Å². The Kier molecular flexibility index (Phi) is 4.95. The van der Waals surface area contributed by atoms with Crippen molar-refractivity contribution in [3.8, 4) is 22.7 Å². The highest BCUT2D eigenvalue weighted by Crippen LogP contribution is 2.29. The number of halogens is 1. The molecule has 0 amide bonds. The second kappa shape index (κ2) is 7.70. The van der Waals surface area contributed by atoms with Gasteiger partial charge in [0.25, 0.3) is 0 Å². The number of nitrogens with zero attached hydrogens (tertiary/aromatic N) is 4. The Morgan fingerprint density at radius 3 is 2.68 bits per heavy atom. The van der Waals surface area contributed by atoms with Gasteiger partial charge in [-0.25, -0.2) is 15.0 Å². The van der Waals surface area contributed by atoms with Crippen LogP contribution in [0.15, 0.2) is 67.3 Å². The van der Waals surface area contributed by atoms with Crippen LogP contribution < -0.4 is 10.1 Å². The van der Waals surface area contributed by atoms with E-state index in [0.29, 0.717) is 16.7 Å². The molecule has 0 fully saturated rings. The van der Waals surface area contributed by atoms with Crippen LogP contribution in [0.5, 0.6) is 5.75 Å². The molecule has 2 aromatic heterocycles. The number of aromatic nitrogens is 4. The van der Waals surface area contributed by atoms with E-state index in [9.17, 15) is 0 Å². The lowest BCUT2D eigenvalue weighted by molar-refractivity contribution is 0.413. The number of rotatable bonds is 5. The fourth-order valence-corrected chi connectivity index (χ4v) is 3.12. The topological polar surface area (TPSA) is 64.9 Å². The van der Waals surface area contributed by atoms with Crippen LogP contribution in [0, 0.1) is 6.92 Å². The standard InChI is InChI=1S/C21H18ClN5O/c1-14-12-27(13-24-14)19-8-7-15(11-20(19)28-2)25-21-23-10-9-18(26-21)16-5-3-4-6-17(16)22/h3-13H,1-2H3,(H,23,25,26). The number of benzene rings is 2. The van der Waals surface area contributed by atoms with Gasteiger partial charge < -0.3 is 14.6 Å². The Hall–Kier alpha value is -3.38.